The third-order valence-electron chi connectivity index (χ3n) is 4.07. The molecule has 0 bridgehead atoms. The Morgan fingerprint density at radius 3 is 2.95 bits per heavy atom. The van der Waals surface area contributed by atoms with E-state index in [4.69, 9.17) is 16.3 Å². The number of hydrogen-bond donors (Lipinski definition) is 0. The van der Waals surface area contributed by atoms with Crippen LogP contribution >= 0.6 is 11.6 Å². The van der Waals surface area contributed by atoms with Crippen molar-refractivity contribution in [1.82, 2.24) is 14.5 Å². The highest BCUT2D eigenvalue weighted by Gasteiger charge is 2.19. The lowest BCUT2D eigenvalue weighted by Gasteiger charge is -2.23. The molecule has 1 aliphatic heterocycles. The molecular formula is C16H22ClN3O. The predicted molar refractivity (Wildman–Crippen MR) is 84.7 cm³/mol. The van der Waals surface area contributed by atoms with Gasteiger partial charge < -0.3 is 9.30 Å². The van der Waals surface area contributed by atoms with Crippen LogP contribution in [0.1, 0.15) is 49.5 Å². The van der Waals surface area contributed by atoms with Gasteiger partial charge in [-0.15, -0.1) is 11.6 Å². The lowest BCUT2D eigenvalue weighted by Crippen LogP contribution is -2.21. The van der Waals surface area contributed by atoms with E-state index in [9.17, 15) is 0 Å². The molecule has 0 saturated carbocycles. The van der Waals surface area contributed by atoms with E-state index in [-0.39, 0.29) is 5.38 Å². The van der Waals surface area contributed by atoms with Crippen LogP contribution in [0, 0.1) is 6.92 Å². The number of fused-ring (bicyclic) bond motifs is 1. The summed E-state index contributed by atoms with van der Waals surface area (Å²) in [5, 5.41) is -0.119. The Morgan fingerprint density at radius 1 is 1.38 bits per heavy atom. The van der Waals surface area contributed by atoms with Crippen LogP contribution in [0.2, 0.25) is 0 Å². The quantitative estimate of drug-likeness (QED) is 0.802. The largest absolute Gasteiger partial charge is 0.378 e. The molecule has 2 aromatic rings. The SMILES string of the molecule is Cc1ccc2nc(C(C)Cl)n(CCC3CCCCO3)c2n1. The van der Waals surface area contributed by atoms with Gasteiger partial charge in [-0.1, -0.05) is 0 Å². The molecule has 3 rings (SSSR count). The molecule has 2 aromatic heterocycles. The number of aryl methyl sites for hydroxylation is 2. The first kappa shape index (κ1) is 14.8. The molecule has 4 nitrogen and oxygen atoms in total. The summed E-state index contributed by atoms with van der Waals surface area (Å²) in [5.41, 5.74) is 2.87. The zero-order valence-corrected chi connectivity index (χ0v) is 13.4. The van der Waals surface area contributed by atoms with Crippen molar-refractivity contribution in [1.29, 1.82) is 0 Å². The fourth-order valence-electron chi connectivity index (χ4n) is 2.95. The first-order chi connectivity index (χ1) is 10.1. The Morgan fingerprint density at radius 2 is 2.24 bits per heavy atom. The second-order valence-electron chi connectivity index (χ2n) is 5.81. The van der Waals surface area contributed by atoms with Gasteiger partial charge in [-0.3, -0.25) is 0 Å². The second-order valence-corrected chi connectivity index (χ2v) is 6.46. The topological polar surface area (TPSA) is 39.9 Å². The van der Waals surface area contributed by atoms with Crippen molar-refractivity contribution in [2.45, 2.75) is 57.6 Å². The Labute approximate surface area is 130 Å². The van der Waals surface area contributed by atoms with Crippen LogP contribution in [0.4, 0.5) is 0 Å². The van der Waals surface area contributed by atoms with Gasteiger partial charge in [0.25, 0.3) is 0 Å². The Bertz CT molecular complexity index is 617. The number of alkyl halides is 1. The van der Waals surface area contributed by atoms with E-state index >= 15 is 0 Å². The van der Waals surface area contributed by atoms with Crippen molar-refractivity contribution in [3.05, 3.63) is 23.7 Å². The highest BCUT2D eigenvalue weighted by atomic mass is 35.5. The van der Waals surface area contributed by atoms with Crippen molar-refractivity contribution in [2.24, 2.45) is 0 Å². The van der Waals surface area contributed by atoms with Crippen LogP contribution in [0.5, 0.6) is 0 Å². The number of aromatic nitrogens is 3. The first-order valence-electron chi connectivity index (χ1n) is 7.74. The summed E-state index contributed by atoms with van der Waals surface area (Å²) in [6, 6.07) is 4.01. The monoisotopic (exact) mass is 307 g/mol. The molecule has 1 saturated heterocycles. The Hall–Kier alpha value is -1.13. The molecule has 0 radical (unpaired) electrons. The van der Waals surface area contributed by atoms with Gasteiger partial charge >= 0.3 is 0 Å². The molecule has 0 aliphatic carbocycles. The molecule has 21 heavy (non-hydrogen) atoms. The molecule has 114 valence electrons. The summed E-state index contributed by atoms with van der Waals surface area (Å²) >= 11 is 6.30. The zero-order chi connectivity index (χ0) is 14.8. The number of rotatable bonds is 4. The fourth-order valence-corrected chi connectivity index (χ4v) is 3.11. The van der Waals surface area contributed by atoms with Crippen LogP contribution in [-0.4, -0.2) is 27.2 Å². The van der Waals surface area contributed by atoms with Crippen LogP contribution in [-0.2, 0) is 11.3 Å². The molecule has 0 aromatic carbocycles. The second kappa shape index (κ2) is 6.32. The summed E-state index contributed by atoms with van der Waals surface area (Å²) in [6.45, 7) is 5.73. The first-order valence-corrected chi connectivity index (χ1v) is 8.18. The molecule has 1 fully saturated rings. The fraction of sp³-hybridized carbons (Fsp3) is 0.625. The molecule has 2 unspecified atom stereocenters. The number of hydrogen-bond acceptors (Lipinski definition) is 3. The van der Waals surface area contributed by atoms with Gasteiger partial charge in [0.15, 0.2) is 5.65 Å². The average molecular weight is 308 g/mol. The number of nitrogens with zero attached hydrogens (tertiary/aromatic N) is 3. The molecule has 0 spiro atoms. The van der Waals surface area contributed by atoms with Crippen LogP contribution in [0.3, 0.4) is 0 Å². The molecule has 5 heteroatoms. The van der Waals surface area contributed by atoms with E-state index in [0.29, 0.717) is 6.10 Å². The van der Waals surface area contributed by atoms with Crippen LogP contribution in [0.25, 0.3) is 11.2 Å². The van der Waals surface area contributed by atoms with Gasteiger partial charge in [-0.05, 0) is 51.7 Å². The average Bonchev–Trinajstić information content (AvgIpc) is 2.84. The maximum atomic E-state index is 6.30. The van der Waals surface area contributed by atoms with E-state index in [1.54, 1.807) is 0 Å². The van der Waals surface area contributed by atoms with Crippen molar-refractivity contribution >= 4 is 22.8 Å². The van der Waals surface area contributed by atoms with E-state index in [1.807, 2.05) is 26.0 Å². The van der Waals surface area contributed by atoms with E-state index in [1.165, 1.54) is 12.8 Å². The van der Waals surface area contributed by atoms with Crippen molar-refractivity contribution in [3.63, 3.8) is 0 Å². The summed E-state index contributed by atoms with van der Waals surface area (Å²) in [4.78, 5) is 9.29. The molecule has 0 N–H and O–H groups in total. The van der Waals surface area contributed by atoms with Gasteiger partial charge in [0.1, 0.15) is 11.3 Å². The minimum Gasteiger partial charge on any atom is -0.378 e. The summed E-state index contributed by atoms with van der Waals surface area (Å²) in [7, 11) is 0. The zero-order valence-electron chi connectivity index (χ0n) is 12.7. The standard InChI is InChI=1S/C16H22ClN3O/c1-11-6-7-14-16(18-11)20(15(19-14)12(2)17)9-8-13-5-3-4-10-21-13/h6-7,12-13H,3-5,8-10H2,1-2H3. The van der Waals surface area contributed by atoms with E-state index < -0.39 is 0 Å². The summed E-state index contributed by atoms with van der Waals surface area (Å²) in [6.07, 6.45) is 4.97. The molecular weight excluding hydrogens is 286 g/mol. The third kappa shape index (κ3) is 3.22. The van der Waals surface area contributed by atoms with Gasteiger partial charge in [0, 0.05) is 18.8 Å². The van der Waals surface area contributed by atoms with Crippen LogP contribution in [0.15, 0.2) is 12.1 Å². The smallest absolute Gasteiger partial charge is 0.160 e. The van der Waals surface area contributed by atoms with Crippen LogP contribution < -0.4 is 0 Å². The Kier molecular flexibility index (Phi) is 4.45. The summed E-state index contributed by atoms with van der Waals surface area (Å²) in [5.74, 6) is 0.903. The lowest BCUT2D eigenvalue weighted by atomic mass is 10.1. The number of ether oxygens (including phenoxy) is 1. The minimum absolute atomic E-state index is 0.119. The lowest BCUT2D eigenvalue weighted by molar-refractivity contribution is 0.00884. The van der Waals surface area contributed by atoms with E-state index in [2.05, 4.69) is 14.5 Å². The maximum absolute atomic E-state index is 6.30. The maximum Gasteiger partial charge on any atom is 0.160 e. The molecule has 0 amide bonds. The number of imidazole rings is 1. The third-order valence-corrected chi connectivity index (χ3v) is 4.26. The van der Waals surface area contributed by atoms with Gasteiger partial charge in [0.05, 0.1) is 11.5 Å². The normalized spacial score (nSPS) is 20.8. The van der Waals surface area contributed by atoms with Gasteiger partial charge in [-0.25, -0.2) is 9.97 Å². The molecule has 1 aliphatic rings. The summed E-state index contributed by atoms with van der Waals surface area (Å²) < 4.78 is 7.99. The molecule has 3 heterocycles. The number of halogens is 1. The molecule has 2 atom stereocenters. The Balaban J connectivity index is 1.87. The van der Waals surface area contributed by atoms with Crippen molar-refractivity contribution < 1.29 is 4.74 Å². The highest BCUT2D eigenvalue weighted by Crippen LogP contribution is 2.25. The van der Waals surface area contributed by atoms with Crippen molar-refractivity contribution in [3.8, 4) is 0 Å². The van der Waals surface area contributed by atoms with Crippen molar-refractivity contribution in [2.75, 3.05) is 6.61 Å². The predicted octanol–water partition coefficient (Wildman–Crippen LogP) is 4.00. The van der Waals surface area contributed by atoms with Gasteiger partial charge in [-0.2, -0.15) is 0 Å². The number of pyridine rings is 1. The van der Waals surface area contributed by atoms with Gasteiger partial charge in [0.2, 0.25) is 0 Å². The van der Waals surface area contributed by atoms with E-state index in [0.717, 1.165) is 48.7 Å². The highest BCUT2D eigenvalue weighted by molar-refractivity contribution is 6.20. The minimum atomic E-state index is -0.119.